The SMILES string of the molecule is CCC(=O)N1CC(CCO)CC(NC2CCCC2)C1. The Hall–Kier alpha value is -0.610. The quantitative estimate of drug-likeness (QED) is 0.795. The fourth-order valence-corrected chi connectivity index (χ4v) is 3.57. The zero-order chi connectivity index (χ0) is 13.7. The predicted octanol–water partition coefficient (Wildman–Crippen LogP) is 1.53. The normalized spacial score (nSPS) is 28.8. The summed E-state index contributed by atoms with van der Waals surface area (Å²) in [6.07, 6.45) is 7.73. The summed E-state index contributed by atoms with van der Waals surface area (Å²) in [5, 5.41) is 12.9. The monoisotopic (exact) mass is 268 g/mol. The van der Waals surface area contributed by atoms with Crippen molar-refractivity contribution in [3.05, 3.63) is 0 Å². The van der Waals surface area contributed by atoms with Gasteiger partial charge in [-0.25, -0.2) is 0 Å². The molecule has 0 radical (unpaired) electrons. The van der Waals surface area contributed by atoms with Crippen LogP contribution >= 0.6 is 0 Å². The summed E-state index contributed by atoms with van der Waals surface area (Å²) in [6.45, 7) is 3.84. The maximum absolute atomic E-state index is 11.9. The second-order valence-corrected chi connectivity index (χ2v) is 6.11. The number of nitrogens with one attached hydrogen (secondary N) is 1. The molecule has 0 aromatic heterocycles. The van der Waals surface area contributed by atoms with Crippen molar-refractivity contribution >= 4 is 5.91 Å². The molecule has 2 atom stereocenters. The van der Waals surface area contributed by atoms with Gasteiger partial charge in [0.2, 0.25) is 5.91 Å². The van der Waals surface area contributed by atoms with Crippen LogP contribution in [0.2, 0.25) is 0 Å². The van der Waals surface area contributed by atoms with E-state index in [1.807, 2.05) is 11.8 Å². The third kappa shape index (κ3) is 4.18. The summed E-state index contributed by atoms with van der Waals surface area (Å²) in [6, 6.07) is 1.07. The summed E-state index contributed by atoms with van der Waals surface area (Å²) < 4.78 is 0. The molecule has 110 valence electrons. The fourth-order valence-electron chi connectivity index (χ4n) is 3.57. The molecule has 0 aromatic carbocycles. The molecule has 2 unspecified atom stereocenters. The van der Waals surface area contributed by atoms with Gasteiger partial charge in [-0.1, -0.05) is 19.8 Å². The van der Waals surface area contributed by atoms with Crippen molar-refractivity contribution < 1.29 is 9.90 Å². The van der Waals surface area contributed by atoms with Crippen LogP contribution in [0.1, 0.15) is 51.9 Å². The highest BCUT2D eigenvalue weighted by molar-refractivity contribution is 5.76. The van der Waals surface area contributed by atoms with Gasteiger partial charge in [0.1, 0.15) is 0 Å². The highest BCUT2D eigenvalue weighted by Crippen LogP contribution is 2.24. The molecular formula is C15H28N2O2. The molecule has 2 rings (SSSR count). The third-order valence-corrected chi connectivity index (χ3v) is 4.56. The number of amides is 1. The number of rotatable bonds is 5. The smallest absolute Gasteiger partial charge is 0.222 e. The standard InChI is InChI=1S/C15H28N2O2/c1-2-15(19)17-10-12(7-8-18)9-14(11-17)16-13-5-3-4-6-13/h12-14,16,18H,2-11H2,1H3. The van der Waals surface area contributed by atoms with Gasteiger partial charge in [0, 0.05) is 38.2 Å². The van der Waals surface area contributed by atoms with Gasteiger partial charge in [0.25, 0.3) is 0 Å². The molecule has 0 aromatic rings. The summed E-state index contributed by atoms with van der Waals surface area (Å²) >= 11 is 0. The van der Waals surface area contributed by atoms with E-state index in [1.165, 1.54) is 25.7 Å². The van der Waals surface area contributed by atoms with E-state index in [-0.39, 0.29) is 12.5 Å². The van der Waals surface area contributed by atoms with Crippen molar-refractivity contribution in [2.24, 2.45) is 5.92 Å². The molecule has 2 fully saturated rings. The molecule has 0 spiro atoms. The van der Waals surface area contributed by atoms with E-state index < -0.39 is 0 Å². The van der Waals surface area contributed by atoms with E-state index in [2.05, 4.69) is 5.32 Å². The Labute approximate surface area is 116 Å². The van der Waals surface area contributed by atoms with Crippen LogP contribution in [0.4, 0.5) is 0 Å². The molecular weight excluding hydrogens is 240 g/mol. The number of aliphatic hydroxyl groups is 1. The molecule has 1 amide bonds. The van der Waals surface area contributed by atoms with Crippen LogP contribution in [-0.4, -0.2) is 47.7 Å². The molecule has 4 nitrogen and oxygen atoms in total. The second kappa shape index (κ2) is 7.25. The number of aliphatic hydroxyl groups excluding tert-OH is 1. The Balaban J connectivity index is 1.90. The summed E-state index contributed by atoms with van der Waals surface area (Å²) in [5.41, 5.74) is 0. The van der Waals surface area contributed by atoms with Crippen LogP contribution in [0.3, 0.4) is 0 Å². The average molecular weight is 268 g/mol. The maximum Gasteiger partial charge on any atom is 0.222 e. The van der Waals surface area contributed by atoms with Gasteiger partial charge < -0.3 is 15.3 Å². The molecule has 4 heteroatoms. The van der Waals surface area contributed by atoms with E-state index in [9.17, 15) is 4.79 Å². The first-order chi connectivity index (χ1) is 9.22. The van der Waals surface area contributed by atoms with Gasteiger partial charge in [-0.15, -0.1) is 0 Å². The van der Waals surface area contributed by atoms with Crippen LogP contribution < -0.4 is 5.32 Å². The van der Waals surface area contributed by atoms with Crippen LogP contribution in [0.25, 0.3) is 0 Å². The molecule has 2 aliphatic rings. The summed E-state index contributed by atoms with van der Waals surface area (Å²) in [7, 11) is 0. The first-order valence-electron chi connectivity index (χ1n) is 7.87. The lowest BCUT2D eigenvalue weighted by atomic mass is 9.91. The van der Waals surface area contributed by atoms with Gasteiger partial charge in [-0.3, -0.25) is 4.79 Å². The molecule has 19 heavy (non-hydrogen) atoms. The summed E-state index contributed by atoms with van der Waals surface area (Å²) in [4.78, 5) is 13.9. The van der Waals surface area contributed by atoms with Gasteiger partial charge in [-0.2, -0.15) is 0 Å². The highest BCUT2D eigenvalue weighted by atomic mass is 16.3. The Morgan fingerprint density at radius 2 is 2.00 bits per heavy atom. The number of piperidine rings is 1. The minimum absolute atomic E-state index is 0.231. The first-order valence-corrected chi connectivity index (χ1v) is 7.87. The highest BCUT2D eigenvalue weighted by Gasteiger charge is 2.30. The van der Waals surface area contributed by atoms with Crippen LogP contribution in [-0.2, 0) is 4.79 Å². The summed E-state index contributed by atoms with van der Waals surface area (Å²) in [5.74, 6) is 0.703. The van der Waals surface area contributed by atoms with Crippen molar-refractivity contribution in [1.29, 1.82) is 0 Å². The fraction of sp³-hybridized carbons (Fsp3) is 0.933. The zero-order valence-electron chi connectivity index (χ0n) is 12.1. The largest absolute Gasteiger partial charge is 0.396 e. The lowest BCUT2D eigenvalue weighted by Gasteiger charge is -2.39. The van der Waals surface area contributed by atoms with E-state index in [0.717, 1.165) is 25.9 Å². The number of hydrogen-bond acceptors (Lipinski definition) is 3. The van der Waals surface area contributed by atoms with E-state index in [1.54, 1.807) is 0 Å². The van der Waals surface area contributed by atoms with Crippen molar-refractivity contribution in [3.8, 4) is 0 Å². The first kappa shape index (κ1) is 14.8. The number of carbonyl (C=O) groups excluding carboxylic acids is 1. The van der Waals surface area contributed by atoms with Gasteiger partial charge in [-0.05, 0) is 31.6 Å². The van der Waals surface area contributed by atoms with Crippen molar-refractivity contribution in [1.82, 2.24) is 10.2 Å². The molecule has 1 aliphatic carbocycles. The van der Waals surface area contributed by atoms with Crippen molar-refractivity contribution in [3.63, 3.8) is 0 Å². The molecule has 2 N–H and O–H groups in total. The lowest BCUT2D eigenvalue weighted by Crippen LogP contribution is -2.53. The number of nitrogens with zero attached hydrogens (tertiary/aromatic N) is 1. The van der Waals surface area contributed by atoms with Crippen molar-refractivity contribution in [2.45, 2.75) is 64.0 Å². The number of likely N-dealkylation sites (tertiary alicyclic amines) is 1. The Morgan fingerprint density at radius 3 is 2.63 bits per heavy atom. The minimum Gasteiger partial charge on any atom is -0.396 e. The third-order valence-electron chi connectivity index (χ3n) is 4.56. The minimum atomic E-state index is 0.231. The number of hydrogen-bond donors (Lipinski definition) is 2. The van der Waals surface area contributed by atoms with Crippen molar-refractivity contribution in [2.75, 3.05) is 19.7 Å². The second-order valence-electron chi connectivity index (χ2n) is 6.11. The Kier molecular flexibility index (Phi) is 5.64. The van der Waals surface area contributed by atoms with Gasteiger partial charge in [0.05, 0.1) is 0 Å². The zero-order valence-corrected chi connectivity index (χ0v) is 12.1. The van der Waals surface area contributed by atoms with Gasteiger partial charge >= 0.3 is 0 Å². The topological polar surface area (TPSA) is 52.6 Å². The Morgan fingerprint density at radius 1 is 1.26 bits per heavy atom. The predicted molar refractivity (Wildman–Crippen MR) is 75.9 cm³/mol. The molecule has 0 bridgehead atoms. The number of carbonyl (C=O) groups is 1. The Bertz CT molecular complexity index is 290. The van der Waals surface area contributed by atoms with Gasteiger partial charge in [0.15, 0.2) is 0 Å². The lowest BCUT2D eigenvalue weighted by molar-refractivity contribution is -0.133. The van der Waals surface area contributed by atoms with Crippen LogP contribution in [0.5, 0.6) is 0 Å². The van der Waals surface area contributed by atoms with E-state index in [4.69, 9.17) is 5.11 Å². The van der Waals surface area contributed by atoms with E-state index in [0.29, 0.717) is 24.4 Å². The molecule has 1 saturated carbocycles. The van der Waals surface area contributed by atoms with Crippen LogP contribution in [0, 0.1) is 5.92 Å². The maximum atomic E-state index is 11.9. The molecule has 1 aliphatic heterocycles. The molecule has 1 heterocycles. The van der Waals surface area contributed by atoms with E-state index >= 15 is 0 Å². The average Bonchev–Trinajstić information content (AvgIpc) is 2.90. The molecule has 1 saturated heterocycles. The van der Waals surface area contributed by atoms with Crippen LogP contribution in [0.15, 0.2) is 0 Å².